The molecular weight excluding hydrogens is 455 g/mol. The van der Waals surface area contributed by atoms with E-state index in [-0.39, 0.29) is 6.04 Å². The van der Waals surface area contributed by atoms with E-state index >= 15 is 0 Å². The highest BCUT2D eigenvalue weighted by molar-refractivity contribution is 6.31. The maximum Gasteiger partial charge on any atom is 0.116 e. The molecule has 1 fully saturated rings. The molecule has 0 spiro atoms. The Morgan fingerprint density at radius 3 is 2.52 bits per heavy atom. The van der Waals surface area contributed by atoms with Gasteiger partial charge in [-0.2, -0.15) is 5.26 Å². The maximum absolute atomic E-state index is 11.3. The number of anilines is 1. The van der Waals surface area contributed by atoms with Crippen molar-refractivity contribution >= 4 is 28.9 Å². The Morgan fingerprint density at radius 2 is 1.82 bits per heavy atom. The Morgan fingerprint density at radius 1 is 1.09 bits per heavy atom. The van der Waals surface area contributed by atoms with Crippen molar-refractivity contribution in [1.82, 2.24) is 9.88 Å². The van der Waals surface area contributed by atoms with Crippen molar-refractivity contribution in [2.75, 3.05) is 31.1 Å². The number of nitriles is 1. The molecule has 0 unspecified atom stereocenters. The van der Waals surface area contributed by atoms with E-state index in [2.05, 4.69) is 20.9 Å². The van der Waals surface area contributed by atoms with Crippen LogP contribution in [0.15, 0.2) is 60.7 Å². The number of β-amino-alcohol motifs (C(OH)–C–C–N with tert-alkyl or cyclic N) is 1. The molecule has 2 heterocycles. The van der Waals surface area contributed by atoms with Crippen LogP contribution in [0, 0.1) is 18.3 Å². The summed E-state index contributed by atoms with van der Waals surface area (Å²) in [7, 11) is 0. The molecule has 7 heteroatoms. The van der Waals surface area contributed by atoms with Gasteiger partial charge in [-0.05, 0) is 61.9 Å². The third-order valence-electron chi connectivity index (χ3n) is 6.08. The van der Waals surface area contributed by atoms with Gasteiger partial charge in [0.2, 0.25) is 0 Å². The molecule has 1 N–H and O–H groups in total. The SMILES string of the molecule is Cc1cccc([C@](C)(O)CN2CCN(c3ccc(Cl)cc3C#N)[C@H](c3ccc(Cl)cc3)C2)n1. The summed E-state index contributed by atoms with van der Waals surface area (Å²) < 4.78 is 0. The van der Waals surface area contributed by atoms with Gasteiger partial charge < -0.3 is 10.0 Å². The minimum atomic E-state index is -1.09. The zero-order chi connectivity index (χ0) is 23.6. The normalized spacial score (nSPS) is 18.5. The van der Waals surface area contributed by atoms with E-state index in [1.165, 1.54) is 0 Å². The second-order valence-electron chi connectivity index (χ2n) is 8.71. The molecule has 5 nitrogen and oxygen atoms in total. The molecule has 2 aromatic carbocycles. The van der Waals surface area contributed by atoms with Crippen molar-refractivity contribution in [3.05, 3.63) is 93.2 Å². The summed E-state index contributed by atoms with van der Waals surface area (Å²) in [6.45, 7) is 6.30. The minimum absolute atomic E-state index is 0.0226. The fourth-order valence-corrected chi connectivity index (χ4v) is 4.75. The van der Waals surface area contributed by atoms with Crippen LogP contribution in [-0.4, -0.2) is 41.2 Å². The number of piperazine rings is 1. The van der Waals surface area contributed by atoms with E-state index in [9.17, 15) is 10.4 Å². The molecule has 2 atom stereocenters. The summed E-state index contributed by atoms with van der Waals surface area (Å²) >= 11 is 12.3. The molecule has 0 radical (unpaired) electrons. The van der Waals surface area contributed by atoms with Crippen molar-refractivity contribution in [3.8, 4) is 6.07 Å². The zero-order valence-corrected chi connectivity index (χ0v) is 20.2. The third-order valence-corrected chi connectivity index (χ3v) is 6.57. The number of rotatable bonds is 5. The molecule has 3 aromatic rings. The number of halogens is 2. The number of aromatic nitrogens is 1. The molecule has 1 aromatic heterocycles. The lowest BCUT2D eigenvalue weighted by molar-refractivity contribution is 0.00667. The summed E-state index contributed by atoms with van der Waals surface area (Å²) in [6.07, 6.45) is 0. The van der Waals surface area contributed by atoms with E-state index in [0.29, 0.717) is 40.9 Å². The molecule has 1 aliphatic heterocycles. The number of aliphatic hydroxyl groups is 1. The third kappa shape index (κ3) is 5.31. The van der Waals surface area contributed by atoms with E-state index in [1.807, 2.05) is 68.4 Å². The quantitative estimate of drug-likeness (QED) is 0.533. The summed E-state index contributed by atoms with van der Waals surface area (Å²) in [5, 5.41) is 22.2. The van der Waals surface area contributed by atoms with Crippen LogP contribution in [0.25, 0.3) is 0 Å². The number of benzene rings is 2. The second-order valence-corrected chi connectivity index (χ2v) is 9.58. The number of nitrogens with zero attached hydrogens (tertiary/aromatic N) is 4. The van der Waals surface area contributed by atoms with Crippen molar-refractivity contribution in [2.24, 2.45) is 0 Å². The molecular formula is C26H26Cl2N4O. The summed E-state index contributed by atoms with van der Waals surface area (Å²) in [5.41, 5.74) is 2.95. The number of hydrogen-bond acceptors (Lipinski definition) is 5. The van der Waals surface area contributed by atoms with Gasteiger partial charge in [-0.1, -0.05) is 41.4 Å². The minimum Gasteiger partial charge on any atom is -0.382 e. The molecule has 170 valence electrons. The van der Waals surface area contributed by atoms with Gasteiger partial charge in [-0.3, -0.25) is 9.88 Å². The van der Waals surface area contributed by atoms with Gasteiger partial charge in [0.1, 0.15) is 11.7 Å². The van der Waals surface area contributed by atoms with Crippen LogP contribution in [0.4, 0.5) is 5.69 Å². The highest BCUT2D eigenvalue weighted by Gasteiger charge is 2.34. The van der Waals surface area contributed by atoms with E-state index in [1.54, 1.807) is 6.07 Å². The predicted molar refractivity (Wildman–Crippen MR) is 133 cm³/mol. The van der Waals surface area contributed by atoms with Crippen LogP contribution in [-0.2, 0) is 5.60 Å². The van der Waals surface area contributed by atoms with Crippen LogP contribution in [0.5, 0.6) is 0 Å². The van der Waals surface area contributed by atoms with Gasteiger partial charge in [0.15, 0.2) is 0 Å². The summed E-state index contributed by atoms with van der Waals surface area (Å²) in [5.74, 6) is 0. The van der Waals surface area contributed by atoms with Crippen molar-refractivity contribution in [1.29, 1.82) is 5.26 Å². The highest BCUT2D eigenvalue weighted by Crippen LogP contribution is 2.35. The molecule has 4 rings (SSSR count). The maximum atomic E-state index is 11.3. The molecule has 1 saturated heterocycles. The van der Waals surface area contributed by atoms with Gasteiger partial charge in [0.25, 0.3) is 0 Å². The molecule has 33 heavy (non-hydrogen) atoms. The average molecular weight is 481 g/mol. The zero-order valence-electron chi connectivity index (χ0n) is 18.7. The smallest absolute Gasteiger partial charge is 0.116 e. The Bertz CT molecular complexity index is 1170. The Labute approximate surface area is 204 Å². The monoisotopic (exact) mass is 480 g/mol. The largest absolute Gasteiger partial charge is 0.382 e. The van der Waals surface area contributed by atoms with E-state index in [0.717, 1.165) is 23.5 Å². The molecule has 0 amide bonds. The van der Waals surface area contributed by atoms with Crippen LogP contribution >= 0.6 is 23.2 Å². The predicted octanol–water partition coefficient (Wildman–Crippen LogP) is 5.34. The molecule has 1 aliphatic rings. The molecule has 0 bridgehead atoms. The van der Waals surface area contributed by atoms with Crippen molar-refractivity contribution < 1.29 is 5.11 Å². The van der Waals surface area contributed by atoms with Crippen LogP contribution in [0.3, 0.4) is 0 Å². The van der Waals surface area contributed by atoms with E-state index < -0.39 is 5.60 Å². The first-order chi connectivity index (χ1) is 15.8. The van der Waals surface area contributed by atoms with Crippen LogP contribution < -0.4 is 4.90 Å². The number of aryl methyl sites for hydroxylation is 1. The topological polar surface area (TPSA) is 63.4 Å². The molecule has 0 aliphatic carbocycles. The molecule has 0 saturated carbocycles. The van der Waals surface area contributed by atoms with Crippen molar-refractivity contribution in [2.45, 2.75) is 25.5 Å². The van der Waals surface area contributed by atoms with Gasteiger partial charge >= 0.3 is 0 Å². The van der Waals surface area contributed by atoms with Gasteiger partial charge in [-0.15, -0.1) is 0 Å². The van der Waals surface area contributed by atoms with Gasteiger partial charge in [0, 0.05) is 41.9 Å². The first kappa shape index (κ1) is 23.5. The lowest BCUT2D eigenvalue weighted by Crippen LogP contribution is -2.52. The Balaban J connectivity index is 1.64. The Hall–Kier alpha value is -2.62. The first-order valence-electron chi connectivity index (χ1n) is 10.9. The van der Waals surface area contributed by atoms with Crippen LogP contribution in [0.2, 0.25) is 10.0 Å². The lowest BCUT2D eigenvalue weighted by Gasteiger charge is -2.45. The summed E-state index contributed by atoms with van der Waals surface area (Å²) in [4.78, 5) is 9.04. The fraction of sp³-hybridized carbons (Fsp3) is 0.308. The van der Waals surface area contributed by atoms with Crippen LogP contribution in [0.1, 0.15) is 35.5 Å². The van der Waals surface area contributed by atoms with Gasteiger partial charge in [-0.25, -0.2) is 0 Å². The Kier molecular flexibility index (Phi) is 6.92. The number of pyridine rings is 1. The van der Waals surface area contributed by atoms with E-state index in [4.69, 9.17) is 23.2 Å². The highest BCUT2D eigenvalue weighted by atomic mass is 35.5. The van der Waals surface area contributed by atoms with Gasteiger partial charge in [0.05, 0.1) is 23.0 Å². The summed E-state index contributed by atoms with van der Waals surface area (Å²) in [6, 6.07) is 21.2. The number of hydrogen-bond donors (Lipinski definition) is 1. The fourth-order valence-electron chi connectivity index (χ4n) is 4.45. The first-order valence-corrected chi connectivity index (χ1v) is 11.6. The van der Waals surface area contributed by atoms with Crippen molar-refractivity contribution in [3.63, 3.8) is 0 Å². The second kappa shape index (κ2) is 9.70. The lowest BCUT2D eigenvalue weighted by atomic mass is 9.96. The average Bonchev–Trinajstić information content (AvgIpc) is 2.79. The standard InChI is InChI=1S/C26H26Cl2N4O/c1-18-4-3-5-25(30-18)26(2,33)17-31-12-13-32(23-11-10-22(28)14-20(23)15-29)24(16-31)19-6-8-21(27)9-7-19/h3-11,14,24,33H,12-13,16-17H2,1-2H3/t24-,26+/m0/s1.